The van der Waals surface area contributed by atoms with Crippen LogP contribution in [0.25, 0.3) is 0 Å². The monoisotopic (exact) mass is 247 g/mol. The number of aromatic nitrogens is 1. The van der Waals surface area contributed by atoms with Crippen LogP contribution in [0.15, 0.2) is 42.5 Å². The molecule has 1 aromatic heterocycles. The zero-order valence-corrected chi connectivity index (χ0v) is 10.1. The average molecular weight is 247 g/mol. The van der Waals surface area contributed by atoms with Crippen LogP contribution in [0.4, 0.5) is 4.39 Å². The van der Waals surface area contributed by atoms with Crippen molar-refractivity contribution in [1.29, 1.82) is 0 Å². The Morgan fingerprint density at radius 1 is 1.11 bits per heavy atom. The predicted octanol–water partition coefficient (Wildman–Crippen LogP) is 3.20. The molecule has 94 valence electrons. The number of ether oxygens (including phenoxy) is 2. The van der Waals surface area contributed by atoms with E-state index in [1.807, 2.05) is 24.3 Å². The van der Waals surface area contributed by atoms with E-state index in [0.29, 0.717) is 12.4 Å². The van der Waals surface area contributed by atoms with Crippen LogP contribution < -0.4 is 4.74 Å². The van der Waals surface area contributed by atoms with Gasteiger partial charge in [0, 0.05) is 13.2 Å². The molecule has 0 N–H and O–H groups in total. The topological polar surface area (TPSA) is 31.4 Å². The van der Waals surface area contributed by atoms with E-state index in [1.165, 1.54) is 6.07 Å². The van der Waals surface area contributed by atoms with Crippen molar-refractivity contribution in [2.75, 3.05) is 13.7 Å². The largest absolute Gasteiger partial charge is 0.439 e. The van der Waals surface area contributed by atoms with Gasteiger partial charge < -0.3 is 9.47 Å². The van der Waals surface area contributed by atoms with E-state index in [2.05, 4.69) is 4.98 Å². The molecule has 0 saturated carbocycles. The zero-order valence-electron chi connectivity index (χ0n) is 10.1. The first-order chi connectivity index (χ1) is 8.78. The van der Waals surface area contributed by atoms with E-state index in [9.17, 15) is 4.39 Å². The van der Waals surface area contributed by atoms with Gasteiger partial charge in [0.05, 0.1) is 6.61 Å². The number of nitrogens with zero attached hydrogens (tertiary/aromatic N) is 1. The van der Waals surface area contributed by atoms with Gasteiger partial charge in [-0.05, 0) is 30.2 Å². The third-order valence-electron chi connectivity index (χ3n) is 2.43. The summed E-state index contributed by atoms with van der Waals surface area (Å²) in [7, 11) is 1.67. The van der Waals surface area contributed by atoms with Crippen LogP contribution in [0.5, 0.6) is 11.6 Å². The molecule has 0 fully saturated rings. The van der Waals surface area contributed by atoms with Crippen molar-refractivity contribution in [3.05, 3.63) is 54.0 Å². The molecule has 4 heteroatoms. The number of benzene rings is 1. The molecule has 1 heterocycles. The van der Waals surface area contributed by atoms with Crippen molar-refractivity contribution in [1.82, 2.24) is 4.98 Å². The molecular weight excluding hydrogens is 233 g/mol. The molecule has 0 atom stereocenters. The first kappa shape index (κ1) is 12.5. The molecule has 18 heavy (non-hydrogen) atoms. The van der Waals surface area contributed by atoms with Crippen molar-refractivity contribution in [2.45, 2.75) is 6.42 Å². The van der Waals surface area contributed by atoms with E-state index < -0.39 is 5.95 Å². The minimum Gasteiger partial charge on any atom is -0.439 e. The van der Waals surface area contributed by atoms with Gasteiger partial charge in [0.2, 0.25) is 11.8 Å². The Labute approximate surface area is 105 Å². The summed E-state index contributed by atoms with van der Waals surface area (Å²) in [5.41, 5.74) is 1.16. The van der Waals surface area contributed by atoms with Crippen LogP contribution in [0, 0.1) is 5.95 Å². The molecule has 3 nitrogen and oxygen atoms in total. The molecule has 2 rings (SSSR count). The Morgan fingerprint density at radius 2 is 1.89 bits per heavy atom. The second-order valence-electron chi connectivity index (χ2n) is 3.79. The van der Waals surface area contributed by atoms with E-state index >= 15 is 0 Å². The molecule has 0 bridgehead atoms. The van der Waals surface area contributed by atoms with Gasteiger partial charge in [-0.25, -0.2) is 0 Å². The normalized spacial score (nSPS) is 10.3. The first-order valence-corrected chi connectivity index (χ1v) is 5.66. The fraction of sp³-hybridized carbons (Fsp3) is 0.214. The smallest absolute Gasteiger partial charge is 0.221 e. The van der Waals surface area contributed by atoms with Crippen LogP contribution in [-0.2, 0) is 11.2 Å². The SMILES string of the molecule is COCCc1ccc(Oc2cccc(F)n2)cc1. The highest BCUT2D eigenvalue weighted by molar-refractivity contribution is 5.30. The molecule has 0 unspecified atom stereocenters. The highest BCUT2D eigenvalue weighted by Crippen LogP contribution is 2.19. The van der Waals surface area contributed by atoms with Crippen molar-refractivity contribution in [2.24, 2.45) is 0 Å². The van der Waals surface area contributed by atoms with Crippen molar-refractivity contribution in [3.63, 3.8) is 0 Å². The molecule has 0 radical (unpaired) electrons. The van der Waals surface area contributed by atoms with Crippen molar-refractivity contribution < 1.29 is 13.9 Å². The summed E-state index contributed by atoms with van der Waals surface area (Å²) < 4.78 is 23.3. The molecule has 0 spiro atoms. The van der Waals surface area contributed by atoms with E-state index in [0.717, 1.165) is 12.0 Å². The number of methoxy groups -OCH3 is 1. The quantitative estimate of drug-likeness (QED) is 0.760. The third-order valence-corrected chi connectivity index (χ3v) is 2.43. The maximum absolute atomic E-state index is 12.9. The highest BCUT2D eigenvalue weighted by atomic mass is 19.1. The lowest BCUT2D eigenvalue weighted by Crippen LogP contribution is -1.94. The zero-order chi connectivity index (χ0) is 12.8. The molecule has 1 aromatic carbocycles. The molecular formula is C14H14FNO2. The Hall–Kier alpha value is -1.94. The average Bonchev–Trinajstić information content (AvgIpc) is 2.38. The van der Waals surface area contributed by atoms with Gasteiger partial charge in [0.25, 0.3) is 0 Å². The van der Waals surface area contributed by atoms with E-state index in [4.69, 9.17) is 9.47 Å². The molecule has 0 aliphatic rings. The van der Waals surface area contributed by atoms with Crippen LogP contribution in [0.2, 0.25) is 0 Å². The third kappa shape index (κ3) is 3.53. The number of rotatable bonds is 5. The summed E-state index contributed by atoms with van der Waals surface area (Å²) in [6.45, 7) is 0.686. The molecule has 0 aliphatic heterocycles. The van der Waals surface area contributed by atoms with Crippen LogP contribution >= 0.6 is 0 Å². The van der Waals surface area contributed by atoms with Crippen molar-refractivity contribution >= 4 is 0 Å². The highest BCUT2D eigenvalue weighted by Gasteiger charge is 2.00. The Kier molecular flexibility index (Phi) is 4.25. The lowest BCUT2D eigenvalue weighted by molar-refractivity contribution is 0.202. The first-order valence-electron chi connectivity index (χ1n) is 5.66. The standard InChI is InChI=1S/C14H14FNO2/c1-17-10-9-11-5-7-12(8-6-11)18-14-4-2-3-13(15)16-14/h2-8H,9-10H2,1H3. The van der Waals surface area contributed by atoms with E-state index in [-0.39, 0.29) is 5.88 Å². The Balaban J connectivity index is 2.02. The lowest BCUT2D eigenvalue weighted by Gasteiger charge is -2.05. The van der Waals surface area contributed by atoms with Crippen molar-refractivity contribution in [3.8, 4) is 11.6 Å². The molecule has 0 aliphatic carbocycles. The van der Waals surface area contributed by atoms with Gasteiger partial charge in [0.15, 0.2) is 0 Å². The summed E-state index contributed by atoms with van der Waals surface area (Å²) >= 11 is 0. The Bertz CT molecular complexity index is 499. The van der Waals surface area contributed by atoms with Gasteiger partial charge in [-0.1, -0.05) is 18.2 Å². The van der Waals surface area contributed by atoms with Crippen LogP contribution in [0.3, 0.4) is 0 Å². The summed E-state index contributed by atoms with van der Waals surface area (Å²) in [5.74, 6) is 0.332. The Morgan fingerprint density at radius 3 is 2.56 bits per heavy atom. The second kappa shape index (κ2) is 6.12. The summed E-state index contributed by atoms with van der Waals surface area (Å²) in [6, 6.07) is 12.0. The maximum Gasteiger partial charge on any atom is 0.221 e. The summed E-state index contributed by atoms with van der Waals surface area (Å²) in [6.07, 6.45) is 0.856. The van der Waals surface area contributed by atoms with Gasteiger partial charge >= 0.3 is 0 Å². The molecule has 2 aromatic rings. The minimum absolute atomic E-state index is 0.250. The van der Waals surface area contributed by atoms with Crippen LogP contribution in [-0.4, -0.2) is 18.7 Å². The number of halogens is 1. The number of hydrogen-bond acceptors (Lipinski definition) is 3. The number of pyridine rings is 1. The van der Waals surface area contributed by atoms with Gasteiger partial charge in [-0.15, -0.1) is 0 Å². The molecule has 0 amide bonds. The number of hydrogen-bond donors (Lipinski definition) is 0. The summed E-state index contributed by atoms with van der Waals surface area (Å²) in [5, 5.41) is 0. The lowest BCUT2D eigenvalue weighted by atomic mass is 10.1. The predicted molar refractivity (Wildman–Crippen MR) is 66.3 cm³/mol. The van der Waals surface area contributed by atoms with E-state index in [1.54, 1.807) is 19.2 Å². The minimum atomic E-state index is -0.552. The fourth-order valence-electron chi connectivity index (χ4n) is 1.51. The van der Waals surface area contributed by atoms with Gasteiger partial charge in [-0.3, -0.25) is 0 Å². The maximum atomic E-state index is 12.9. The van der Waals surface area contributed by atoms with Crippen LogP contribution in [0.1, 0.15) is 5.56 Å². The van der Waals surface area contributed by atoms with Gasteiger partial charge in [-0.2, -0.15) is 9.37 Å². The summed E-state index contributed by atoms with van der Waals surface area (Å²) in [4.78, 5) is 3.63. The van der Waals surface area contributed by atoms with Gasteiger partial charge in [0.1, 0.15) is 5.75 Å². The molecule has 0 saturated heterocycles. The fourth-order valence-corrected chi connectivity index (χ4v) is 1.51. The second-order valence-corrected chi connectivity index (χ2v) is 3.79.